The standard InChI is InChI=1S/C20H20F2N4OS/c1-12-3-4-15(9-13(12)2)23-19(27)25-5-7-26(8-6-25)20-24-18-16(22)10-14(21)11-17(18)28-20/h3-4,9-11H,5-8H2,1-2H3,(H,23,27). The maximum atomic E-state index is 13.9. The van der Waals surface area contributed by atoms with E-state index in [1.54, 1.807) is 4.90 Å². The lowest BCUT2D eigenvalue weighted by Crippen LogP contribution is -2.50. The number of benzene rings is 2. The lowest BCUT2D eigenvalue weighted by atomic mass is 10.1. The summed E-state index contributed by atoms with van der Waals surface area (Å²) in [6.07, 6.45) is 0. The van der Waals surface area contributed by atoms with Gasteiger partial charge in [-0.15, -0.1) is 0 Å². The number of carbonyl (C=O) groups excluding carboxylic acids is 1. The van der Waals surface area contributed by atoms with Crippen LogP contribution >= 0.6 is 11.3 Å². The number of urea groups is 1. The number of piperazine rings is 1. The highest BCUT2D eigenvalue weighted by Crippen LogP contribution is 2.31. The molecule has 0 bridgehead atoms. The quantitative estimate of drug-likeness (QED) is 0.684. The maximum Gasteiger partial charge on any atom is 0.321 e. The van der Waals surface area contributed by atoms with Crippen LogP contribution in [0.15, 0.2) is 30.3 Å². The topological polar surface area (TPSA) is 48.5 Å². The first kappa shape index (κ1) is 18.6. The predicted octanol–water partition coefficient (Wildman–Crippen LogP) is 4.55. The summed E-state index contributed by atoms with van der Waals surface area (Å²) in [5.74, 6) is -1.25. The Hall–Kier alpha value is -2.74. The molecule has 146 valence electrons. The third-order valence-electron chi connectivity index (χ3n) is 5.00. The molecule has 28 heavy (non-hydrogen) atoms. The Labute approximate surface area is 165 Å². The molecule has 2 amide bonds. The van der Waals surface area contributed by atoms with E-state index in [0.29, 0.717) is 36.0 Å². The summed E-state index contributed by atoms with van der Waals surface area (Å²) in [5.41, 5.74) is 3.27. The fraction of sp³-hybridized carbons (Fsp3) is 0.300. The van der Waals surface area contributed by atoms with E-state index in [-0.39, 0.29) is 11.5 Å². The zero-order chi connectivity index (χ0) is 19.8. The minimum atomic E-state index is -0.649. The van der Waals surface area contributed by atoms with Crippen LogP contribution in [0.25, 0.3) is 10.2 Å². The van der Waals surface area contributed by atoms with E-state index in [9.17, 15) is 13.6 Å². The molecule has 5 nitrogen and oxygen atoms in total. The van der Waals surface area contributed by atoms with Gasteiger partial charge >= 0.3 is 6.03 Å². The summed E-state index contributed by atoms with van der Waals surface area (Å²) in [6, 6.07) is 7.84. The van der Waals surface area contributed by atoms with E-state index in [4.69, 9.17) is 0 Å². The van der Waals surface area contributed by atoms with Crippen LogP contribution in [0.1, 0.15) is 11.1 Å². The van der Waals surface area contributed by atoms with E-state index < -0.39 is 11.6 Å². The van der Waals surface area contributed by atoms with Crippen molar-refractivity contribution in [2.45, 2.75) is 13.8 Å². The van der Waals surface area contributed by atoms with Crippen molar-refractivity contribution in [3.8, 4) is 0 Å². The Balaban J connectivity index is 1.41. The molecule has 1 aromatic heterocycles. The molecule has 0 radical (unpaired) electrons. The van der Waals surface area contributed by atoms with Crippen molar-refractivity contribution >= 4 is 38.4 Å². The Kier molecular flexibility index (Phi) is 4.89. The van der Waals surface area contributed by atoms with Gasteiger partial charge < -0.3 is 15.1 Å². The maximum absolute atomic E-state index is 13.9. The fourth-order valence-electron chi connectivity index (χ4n) is 3.20. The first-order valence-corrected chi connectivity index (χ1v) is 9.86. The normalized spacial score (nSPS) is 14.6. The number of nitrogens with zero attached hydrogens (tertiary/aromatic N) is 3. The molecular weight excluding hydrogens is 382 g/mol. The van der Waals surface area contributed by atoms with Gasteiger partial charge in [-0.2, -0.15) is 0 Å². The van der Waals surface area contributed by atoms with Gasteiger partial charge in [-0.25, -0.2) is 18.6 Å². The van der Waals surface area contributed by atoms with Crippen LogP contribution < -0.4 is 10.2 Å². The summed E-state index contributed by atoms with van der Waals surface area (Å²) in [4.78, 5) is 20.6. The molecule has 0 atom stereocenters. The van der Waals surface area contributed by atoms with Crippen LogP contribution in [-0.2, 0) is 0 Å². The van der Waals surface area contributed by atoms with Crippen LogP contribution in [0, 0.1) is 25.5 Å². The van der Waals surface area contributed by atoms with Gasteiger partial charge in [-0.3, -0.25) is 0 Å². The highest BCUT2D eigenvalue weighted by Gasteiger charge is 2.24. The minimum Gasteiger partial charge on any atom is -0.345 e. The molecule has 1 saturated heterocycles. The number of rotatable bonds is 2. The Bertz CT molecular complexity index is 1040. The largest absolute Gasteiger partial charge is 0.345 e. The average Bonchev–Trinajstić information content (AvgIpc) is 3.09. The van der Waals surface area contributed by atoms with Gasteiger partial charge in [-0.1, -0.05) is 17.4 Å². The molecule has 1 N–H and O–H groups in total. The van der Waals surface area contributed by atoms with Crippen LogP contribution in [0.4, 0.5) is 24.4 Å². The SMILES string of the molecule is Cc1ccc(NC(=O)N2CCN(c3nc4c(F)cc(F)cc4s3)CC2)cc1C. The molecule has 1 fully saturated rings. The highest BCUT2D eigenvalue weighted by atomic mass is 32.1. The summed E-state index contributed by atoms with van der Waals surface area (Å²) in [5, 5.41) is 3.58. The highest BCUT2D eigenvalue weighted by molar-refractivity contribution is 7.22. The minimum absolute atomic E-state index is 0.139. The van der Waals surface area contributed by atoms with Crippen molar-refractivity contribution in [2.75, 3.05) is 36.4 Å². The second-order valence-corrected chi connectivity index (χ2v) is 7.94. The molecule has 2 heterocycles. The van der Waals surface area contributed by atoms with E-state index in [0.717, 1.165) is 17.3 Å². The van der Waals surface area contributed by atoms with E-state index in [1.807, 2.05) is 36.9 Å². The van der Waals surface area contributed by atoms with Crippen molar-refractivity contribution in [1.29, 1.82) is 0 Å². The first-order valence-electron chi connectivity index (χ1n) is 9.04. The molecule has 0 aliphatic carbocycles. The molecule has 2 aromatic carbocycles. The van der Waals surface area contributed by atoms with E-state index in [2.05, 4.69) is 10.3 Å². The molecular formula is C20H20F2N4OS. The van der Waals surface area contributed by atoms with Gasteiger partial charge in [0, 0.05) is 37.9 Å². The van der Waals surface area contributed by atoms with Crippen LogP contribution in [0.3, 0.4) is 0 Å². The number of aryl methyl sites for hydroxylation is 2. The summed E-state index contributed by atoms with van der Waals surface area (Å²) in [6.45, 7) is 6.28. The number of carbonyl (C=O) groups is 1. The molecule has 1 aliphatic heterocycles. The van der Waals surface area contributed by atoms with Crippen LogP contribution in [0.5, 0.6) is 0 Å². The Morgan fingerprint density at radius 2 is 1.82 bits per heavy atom. The molecule has 1 aliphatic rings. The number of hydrogen-bond acceptors (Lipinski definition) is 4. The van der Waals surface area contributed by atoms with Crippen molar-refractivity contribution in [1.82, 2.24) is 9.88 Å². The number of fused-ring (bicyclic) bond motifs is 1. The van der Waals surface area contributed by atoms with Crippen molar-refractivity contribution in [2.24, 2.45) is 0 Å². The third-order valence-corrected chi connectivity index (χ3v) is 6.06. The lowest BCUT2D eigenvalue weighted by Gasteiger charge is -2.34. The molecule has 0 unspecified atom stereocenters. The zero-order valence-corrected chi connectivity index (χ0v) is 16.4. The number of halogens is 2. The Morgan fingerprint density at radius 1 is 1.07 bits per heavy atom. The van der Waals surface area contributed by atoms with Gasteiger partial charge in [-0.05, 0) is 43.2 Å². The first-order chi connectivity index (χ1) is 13.4. The van der Waals surface area contributed by atoms with Crippen LogP contribution in [0.2, 0.25) is 0 Å². The zero-order valence-electron chi connectivity index (χ0n) is 15.6. The van der Waals surface area contributed by atoms with Crippen molar-refractivity contribution < 1.29 is 13.6 Å². The number of hydrogen-bond donors (Lipinski definition) is 1. The van der Waals surface area contributed by atoms with E-state index in [1.165, 1.54) is 23.0 Å². The number of nitrogens with one attached hydrogen (secondary N) is 1. The lowest BCUT2D eigenvalue weighted by molar-refractivity contribution is 0.208. The smallest absolute Gasteiger partial charge is 0.321 e. The van der Waals surface area contributed by atoms with Crippen LogP contribution in [-0.4, -0.2) is 42.1 Å². The van der Waals surface area contributed by atoms with Gasteiger partial charge in [0.1, 0.15) is 11.3 Å². The average molecular weight is 402 g/mol. The predicted molar refractivity (Wildman–Crippen MR) is 108 cm³/mol. The number of thiazole rings is 1. The number of amides is 2. The molecule has 0 saturated carbocycles. The van der Waals surface area contributed by atoms with Gasteiger partial charge in [0.25, 0.3) is 0 Å². The fourth-order valence-corrected chi connectivity index (χ4v) is 4.26. The summed E-state index contributed by atoms with van der Waals surface area (Å²) in [7, 11) is 0. The second kappa shape index (κ2) is 7.35. The molecule has 0 spiro atoms. The van der Waals surface area contributed by atoms with Crippen molar-refractivity contribution in [3.05, 3.63) is 53.1 Å². The van der Waals surface area contributed by atoms with E-state index >= 15 is 0 Å². The monoisotopic (exact) mass is 402 g/mol. The third kappa shape index (κ3) is 3.64. The number of aromatic nitrogens is 1. The molecule has 3 aromatic rings. The summed E-state index contributed by atoms with van der Waals surface area (Å²) < 4.78 is 27.8. The number of anilines is 2. The second-order valence-electron chi connectivity index (χ2n) is 6.93. The Morgan fingerprint density at radius 3 is 2.54 bits per heavy atom. The van der Waals surface area contributed by atoms with Crippen molar-refractivity contribution in [3.63, 3.8) is 0 Å². The molecule has 4 rings (SSSR count). The van der Waals surface area contributed by atoms with Gasteiger partial charge in [0.05, 0.1) is 4.70 Å². The van der Waals surface area contributed by atoms with Gasteiger partial charge in [0.2, 0.25) is 0 Å². The molecule has 8 heteroatoms. The summed E-state index contributed by atoms with van der Waals surface area (Å²) >= 11 is 1.26. The van der Waals surface area contributed by atoms with Gasteiger partial charge in [0.15, 0.2) is 10.9 Å².